The maximum absolute atomic E-state index is 15.3. The summed E-state index contributed by atoms with van der Waals surface area (Å²) in [5, 5.41) is 20.1. The monoisotopic (exact) mass is 605 g/mol. The van der Waals surface area contributed by atoms with Crippen LogP contribution < -0.4 is 10.2 Å². The van der Waals surface area contributed by atoms with Gasteiger partial charge in [0.05, 0.1) is 18.2 Å². The third-order valence-electron chi connectivity index (χ3n) is 7.88. The van der Waals surface area contributed by atoms with Crippen molar-refractivity contribution < 1.29 is 27.1 Å². The molecule has 1 aliphatic heterocycles. The molecule has 0 bridgehead atoms. The molecule has 2 aromatic carbocycles. The molecule has 1 aliphatic carbocycles. The van der Waals surface area contributed by atoms with Crippen molar-refractivity contribution in [3.63, 3.8) is 0 Å². The Bertz CT molecular complexity index is 1780. The van der Waals surface area contributed by atoms with Gasteiger partial charge in [0.25, 0.3) is 12.3 Å². The fraction of sp³-hybridized carbons (Fsp3) is 0.323. The number of pyridine rings is 1. The van der Waals surface area contributed by atoms with Crippen molar-refractivity contribution in [1.82, 2.24) is 25.1 Å². The van der Waals surface area contributed by atoms with Gasteiger partial charge in [-0.05, 0) is 65.9 Å². The summed E-state index contributed by atoms with van der Waals surface area (Å²) in [6, 6.07) is 11.7. The maximum Gasteiger partial charge on any atom is 0.260 e. The van der Waals surface area contributed by atoms with Gasteiger partial charge in [-0.15, -0.1) is 10.2 Å². The molecule has 1 amide bonds. The number of nitrogens with one attached hydrogen (secondary N) is 1. The third-order valence-corrected chi connectivity index (χ3v) is 7.88. The summed E-state index contributed by atoms with van der Waals surface area (Å²) in [4.78, 5) is 19.8. The van der Waals surface area contributed by atoms with Crippen LogP contribution in [0.5, 0.6) is 0 Å². The van der Waals surface area contributed by atoms with Gasteiger partial charge in [-0.1, -0.05) is 6.07 Å². The van der Waals surface area contributed by atoms with Gasteiger partial charge in [-0.25, -0.2) is 22.5 Å². The smallest absolute Gasteiger partial charge is 0.260 e. The average molecular weight is 606 g/mol. The minimum Gasteiger partial charge on any atom is -0.350 e. The molecule has 13 heteroatoms. The van der Waals surface area contributed by atoms with Crippen LogP contribution in [0.3, 0.4) is 0 Å². The van der Waals surface area contributed by atoms with Gasteiger partial charge in [0, 0.05) is 49.0 Å². The minimum absolute atomic E-state index is 0.0757. The Morgan fingerprint density at radius 2 is 1.91 bits per heavy atom. The Balaban J connectivity index is 1.35. The number of hydrogen-bond donors (Lipinski definition) is 1. The van der Waals surface area contributed by atoms with E-state index in [4.69, 9.17) is 4.98 Å². The Morgan fingerprint density at radius 3 is 2.57 bits per heavy atom. The lowest BCUT2D eigenvalue weighted by molar-refractivity contribution is -0.0770. The third kappa shape index (κ3) is 5.54. The highest BCUT2D eigenvalue weighted by molar-refractivity contribution is 6.10. The van der Waals surface area contributed by atoms with Crippen molar-refractivity contribution in [2.24, 2.45) is 7.05 Å². The van der Waals surface area contributed by atoms with Crippen LogP contribution in [0.4, 0.5) is 23.4 Å². The first-order valence-electron chi connectivity index (χ1n) is 13.9. The van der Waals surface area contributed by atoms with E-state index in [2.05, 4.69) is 26.3 Å². The Kier molecular flexibility index (Phi) is 7.87. The van der Waals surface area contributed by atoms with Gasteiger partial charge in [-0.3, -0.25) is 9.69 Å². The van der Waals surface area contributed by atoms with Crippen molar-refractivity contribution in [3.05, 3.63) is 82.6 Å². The lowest BCUT2D eigenvalue weighted by Crippen LogP contribution is -2.43. The molecular formula is C31H27F4N7O2. The maximum atomic E-state index is 15.3. The highest BCUT2D eigenvalue weighted by atomic mass is 19.3. The number of fused-ring (bicyclic) bond motifs is 1. The molecule has 0 spiro atoms. The number of carbonyl (C=O) groups excluding carboxylic acids is 1. The second kappa shape index (κ2) is 11.8. The van der Waals surface area contributed by atoms with Crippen LogP contribution in [-0.2, 0) is 24.9 Å². The van der Waals surface area contributed by atoms with Gasteiger partial charge in [-0.2, -0.15) is 5.26 Å². The van der Waals surface area contributed by atoms with Crippen molar-refractivity contribution in [3.8, 4) is 28.6 Å². The fourth-order valence-corrected chi connectivity index (χ4v) is 5.38. The Hall–Kier alpha value is -4.67. The van der Waals surface area contributed by atoms with E-state index in [1.807, 2.05) is 12.1 Å². The molecule has 226 valence electrons. The number of amides is 1. The number of aromatic nitrogens is 4. The number of alkyl halides is 3. The number of aryl methyl sites for hydroxylation is 1. The second-order valence-electron chi connectivity index (χ2n) is 10.9. The van der Waals surface area contributed by atoms with Crippen LogP contribution in [-0.4, -0.2) is 51.6 Å². The van der Waals surface area contributed by atoms with E-state index in [-0.39, 0.29) is 35.7 Å². The minimum atomic E-state index is -3.06. The van der Waals surface area contributed by atoms with Gasteiger partial charge >= 0.3 is 0 Å². The lowest BCUT2D eigenvalue weighted by Gasteiger charge is -2.20. The summed E-state index contributed by atoms with van der Waals surface area (Å²) in [7, 11) is 2.77. The summed E-state index contributed by atoms with van der Waals surface area (Å²) < 4.78 is 61.9. The number of benzene rings is 2. The number of carbonyl (C=O) groups is 1. The van der Waals surface area contributed by atoms with E-state index in [1.165, 1.54) is 11.0 Å². The SMILES string of the molecule is COC(F)C(NCc1cc(F)c2c(c1)C(=O)N(c1cc(-c3ccc(C#N)cc3-c3nncn3C)cc(C3CC3)n1)C2)C(F)F. The van der Waals surface area contributed by atoms with E-state index >= 15 is 4.39 Å². The molecule has 1 fully saturated rings. The fourth-order valence-electron chi connectivity index (χ4n) is 5.38. The molecule has 4 aromatic rings. The second-order valence-corrected chi connectivity index (χ2v) is 10.9. The Morgan fingerprint density at radius 1 is 1.11 bits per heavy atom. The van der Waals surface area contributed by atoms with Gasteiger partial charge in [0.1, 0.15) is 24.0 Å². The molecule has 9 nitrogen and oxygen atoms in total. The highest BCUT2D eigenvalue weighted by Gasteiger charge is 2.35. The van der Waals surface area contributed by atoms with Gasteiger partial charge in [0.2, 0.25) is 6.36 Å². The zero-order chi connectivity index (χ0) is 31.1. The summed E-state index contributed by atoms with van der Waals surface area (Å²) in [6.45, 7) is -0.382. The van der Waals surface area contributed by atoms with Crippen LogP contribution in [0.25, 0.3) is 22.5 Å². The van der Waals surface area contributed by atoms with Crippen LogP contribution in [0.15, 0.2) is 48.8 Å². The van der Waals surface area contributed by atoms with Crippen LogP contribution in [0.2, 0.25) is 0 Å². The molecule has 2 atom stereocenters. The van der Waals surface area contributed by atoms with Crippen LogP contribution >= 0.6 is 0 Å². The quantitative estimate of drug-likeness (QED) is 0.246. The molecule has 2 aliphatic rings. The molecule has 2 aromatic heterocycles. The number of halogens is 4. The van der Waals surface area contributed by atoms with Gasteiger partial charge in [0.15, 0.2) is 5.82 Å². The molecule has 3 heterocycles. The van der Waals surface area contributed by atoms with Crippen molar-refractivity contribution in [2.75, 3.05) is 12.0 Å². The molecule has 44 heavy (non-hydrogen) atoms. The molecule has 6 rings (SSSR count). The number of anilines is 1. The number of rotatable bonds is 10. The largest absolute Gasteiger partial charge is 0.350 e. The predicted octanol–water partition coefficient (Wildman–Crippen LogP) is 5.26. The molecular weight excluding hydrogens is 578 g/mol. The topological polar surface area (TPSA) is 109 Å². The van der Waals surface area contributed by atoms with Gasteiger partial charge < -0.3 is 14.6 Å². The van der Waals surface area contributed by atoms with Crippen molar-refractivity contribution >= 4 is 11.7 Å². The number of nitrogens with zero attached hydrogens (tertiary/aromatic N) is 6. The summed E-state index contributed by atoms with van der Waals surface area (Å²) in [5.41, 5.74) is 3.84. The van der Waals surface area contributed by atoms with E-state index in [9.17, 15) is 23.2 Å². The summed E-state index contributed by atoms with van der Waals surface area (Å²) in [5.74, 6) is -0.0752. The van der Waals surface area contributed by atoms with E-state index < -0.39 is 30.5 Å². The zero-order valence-electron chi connectivity index (χ0n) is 23.8. The summed E-state index contributed by atoms with van der Waals surface area (Å²) in [6.07, 6.45) is -1.88. The number of hydrogen-bond acceptors (Lipinski definition) is 7. The molecule has 2 unspecified atom stereocenters. The molecule has 0 radical (unpaired) electrons. The standard InChI is InChI=1S/C31H27F4N7O2/c1-41-15-38-40-30(41)21-7-16(12-36)3-6-20(21)19-10-25(18-4-5-18)39-26(11-19)42-14-23-22(31(42)43)8-17(9-24(23)32)13-37-27(28(33)34)29(35)44-2/h3,6-11,15,18,27-29,37H,4-5,13-14H2,1-2H3. The normalized spacial score (nSPS) is 15.9. The number of nitriles is 1. The Labute approximate surface area is 250 Å². The highest BCUT2D eigenvalue weighted by Crippen LogP contribution is 2.43. The van der Waals surface area contributed by atoms with Crippen LogP contribution in [0.1, 0.15) is 51.5 Å². The molecule has 0 saturated heterocycles. The summed E-state index contributed by atoms with van der Waals surface area (Å²) >= 11 is 0. The zero-order valence-corrected chi connectivity index (χ0v) is 23.8. The first-order valence-corrected chi connectivity index (χ1v) is 13.9. The predicted molar refractivity (Wildman–Crippen MR) is 152 cm³/mol. The van der Waals surface area contributed by atoms with E-state index in [1.54, 1.807) is 36.1 Å². The van der Waals surface area contributed by atoms with E-state index in [0.29, 0.717) is 22.8 Å². The van der Waals surface area contributed by atoms with Crippen LogP contribution in [0, 0.1) is 17.1 Å². The lowest BCUT2D eigenvalue weighted by atomic mass is 9.96. The van der Waals surface area contributed by atoms with Crippen molar-refractivity contribution in [1.29, 1.82) is 5.26 Å². The van der Waals surface area contributed by atoms with E-state index in [0.717, 1.165) is 42.8 Å². The average Bonchev–Trinajstić information content (AvgIpc) is 3.70. The van der Waals surface area contributed by atoms with Crippen molar-refractivity contribution in [2.45, 2.75) is 50.7 Å². The molecule has 1 saturated carbocycles. The first-order chi connectivity index (χ1) is 21.2. The first kappa shape index (κ1) is 29.4. The number of ether oxygens (including phenoxy) is 1. The number of methoxy groups -OCH3 is 1. The molecule has 1 N–H and O–H groups in total.